The fourth-order valence-electron chi connectivity index (χ4n) is 0.884. The average Bonchev–Trinajstić information content (AvgIpc) is 2.09. The molecule has 0 unspecified atom stereocenters. The molecule has 0 atom stereocenters. The Bertz CT molecular complexity index is 345. The van der Waals surface area contributed by atoms with Crippen LogP contribution in [0.5, 0.6) is 0 Å². The molecule has 0 aromatic carbocycles. The minimum atomic E-state index is 0.507. The fraction of sp³-hybridized carbons (Fsp3) is 0.100. The van der Waals surface area contributed by atoms with Crippen LogP contribution in [-0.4, -0.2) is 4.98 Å². The van der Waals surface area contributed by atoms with Crippen molar-refractivity contribution >= 4 is 11.9 Å². The third-order valence-electron chi connectivity index (χ3n) is 1.46. The highest BCUT2D eigenvalue weighted by Gasteiger charge is 1.96. The highest BCUT2D eigenvalue weighted by molar-refractivity contribution is 5.62. The molecule has 12 heavy (non-hydrogen) atoms. The number of terminal acetylenes is 1. The molecule has 0 aliphatic heterocycles. The van der Waals surface area contributed by atoms with Crippen LogP contribution in [0.2, 0.25) is 0 Å². The van der Waals surface area contributed by atoms with Gasteiger partial charge in [-0.3, -0.25) is 0 Å². The second kappa shape index (κ2) is 3.59. The molecule has 1 heterocycles. The van der Waals surface area contributed by atoms with E-state index in [1.807, 2.05) is 25.1 Å². The molecular weight excluding hydrogens is 148 g/mol. The molecular formula is C10H10N2. The largest absolute Gasteiger partial charge is 0.383 e. The van der Waals surface area contributed by atoms with E-state index >= 15 is 0 Å². The molecule has 0 spiro atoms. The lowest BCUT2D eigenvalue weighted by Gasteiger charge is -1.98. The number of hydrogen-bond acceptors (Lipinski definition) is 2. The number of nitrogen functional groups attached to an aromatic ring is 1. The normalized spacial score (nSPS) is 10.0. The zero-order chi connectivity index (χ0) is 8.97. The summed E-state index contributed by atoms with van der Waals surface area (Å²) in [6.07, 6.45) is 10.6. The molecule has 0 bridgehead atoms. The van der Waals surface area contributed by atoms with Crippen molar-refractivity contribution in [3.63, 3.8) is 0 Å². The zero-order valence-electron chi connectivity index (χ0n) is 6.91. The summed E-state index contributed by atoms with van der Waals surface area (Å²) in [5.41, 5.74) is 7.22. The Balaban J connectivity index is 3.19. The first-order valence-electron chi connectivity index (χ1n) is 3.62. The van der Waals surface area contributed by atoms with E-state index in [-0.39, 0.29) is 0 Å². The van der Waals surface area contributed by atoms with Crippen LogP contribution in [-0.2, 0) is 0 Å². The van der Waals surface area contributed by atoms with E-state index in [0.717, 1.165) is 11.1 Å². The van der Waals surface area contributed by atoms with Crippen molar-refractivity contribution in [3.8, 4) is 12.3 Å². The maximum atomic E-state index is 5.60. The lowest BCUT2D eigenvalue weighted by molar-refractivity contribution is 1.31. The summed E-state index contributed by atoms with van der Waals surface area (Å²) in [6, 6.07) is 1.84. The first-order chi connectivity index (χ1) is 5.77. The number of allylic oxidation sites excluding steroid dienone is 1. The van der Waals surface area contributed by atoms with Gasteiger partial charge in [-0.25, -0.2) is 4.98 Å². The number of nitrogens with zero attached hydrogens (tertiary/aromatic N) is 1. The Labute approximate surface area is 72.1 Å². The summed E-state index contributed by atoms with van der Waals surface area (Å²) in [6.45, 7) is 1.92. The van der Waals surface area contributed by atoms with E-state index in [1.54, 1.807) is 6.20 Å². The molecule has 0 fully saturated rings. The maximum absolute atomic E-state index is 5.60. The van der Waals surface area contributed by atoms with Gasteiger partial charge in [0.1, 0.15) is 5.82 Å². The molecule has 60 valence electrons. The summed E-state index contributed by atoms with van der Waals surface area (Å²) in [4.78, 5) is 3.95. The summed E-state index contributed by atoms with van der Waals surface area (Å²) in [5.74, 6) is 3.01. The van der Waals surface area contributed by atoms with E-state index in [4.69, 9.17) is 12.2 Å². The standard InChI is InChI=1S/C10H10N2/c1-3-5-9-6-8(4-2)7-12-10(9)11/h2-3,5-7H,1H3,(H2,11,12)/b5-3-. The highest BCUT2D eigenvalue weighted by Crippen LogP contribution is 2.11. The molecule has 2 N–H and O–H groups in total. The fourth-order valence-corrected chi connectivity index (χ4v) is 0.884. The minimum Gasteiger partial charge on any atom is -0.383 e. The molecule has 0 radical (unpaired) electrons. The number of nitrogens with two attached hydrogens (primary N) is 1. The molecule has 0 amide bonds. The first kappa shape index (κ1) is 8.35. The van der Waals surface area contributed by atoms with Gasteiger partial charge < -0.3 is 5.73 Å². The molecule has 0 saturated carbocycles. The number of hydrogen-bond donors (Lipinski definition) is 1. The van der Waals surface area contributed by atoms with E-state index in [2.05, 4.69) is 10.9 Å². The molecule has 2 heteroatoms. The number of aromatic nitrogens is 1. The Kier molecular flexibility index (Phi) is 2.49. The summed E-state index contributed by atoms with van der Waals surface area (Å²) >= 11 is 0. The van der Waals surface area contributed by atoms with E-state index in [0.29, 0.717) is 5.82 Å². The van der Waals surface area contributed by atoms with Crippen molar-refractivity contribution < 1.29 is 0 Å². The molecule has 1 aromatic heterocycles. The van der Waals surface area contributed by atoms with Crippen molar-refractivity contribution in [2.45, 2.75) is 6.92 Å². The smallest absolute Gasteiger partial charge is 0.130 e. The Hall–Kier alpha value is -1.75. The van der Waals surface area contributed by atoms with Gasteiger partial charge in [0.2, 0.25) is 0 Å². The molecule has 0 saturated heterocycles. The average molecular weight is 158 g/mol. The summed E-state index contributed by atoms with van der Waals surface area (Å²) < 4.78 is 0. The van der Waals surface area contributed by atoms with Gasteiger partial charge in [-0.05, 0) is 13.0 Å². The van der Waals surface area contributed by atoms with Crippen LogP contribution in [0.1, 0.15) is 18.1 Å². The zero-order valence-corrected chi connectivity index (χ0v) is 6.91. The lowest BCUT2D eigenvalue weighted by Crippen LogP contribution is -1.94. The Morgan fingerprint density at radius 2 is 2.42 bits per heavy atom. The van der Waals surface area contributed by atoms with Crippen LogP contribution in [0.25, 0.3) is 6.08 Å². The predicted molar refractivity (Wildman–Crippen MR) is 51.3 cm³/mol. The number of pyridine rings is 1. The van der Waals surface area contributed by atoms with Gasteiger partial charge >= 0.3 is 0 Å². The third kappa shape index (κ3) is 1.64. The second-order valence-electron chi connectivity index (χ2n) is 2.34. The predicted octanol–water partition coefficient (Wildman–Crippen LogP) is 1.68. The molecule has 1 rings (SSSR count). The Morgan fingerprint density at radius 1 is 1.67 bits per heavy atom. The van der Waals surface area contributed by atoms with Gasteiger partial charge in [-0.1, -0.05) is 18.1 Å². The monoisotopic (exact) mass is 158 g/mol. The summed E-state index contributed by atoms with van der Waals surface area (Å²) in [5, 5.41) is 0. The quantitative estimate of drug-likeness (QED) is 0.631. The number of anilines is 1. The van der Waals surface area contributed by atoms with Crippen LogP contribution >= 0.6 is 0 Å². The van der Waals surface area contributed by atoms with Crippen LogP contribution < -0.4 is 5.73 Å². The van der Waals surface area contributed by atoms with Crippen molar-refractivity contribution in [3.05, 3.63) is 29.5 Å². The van der Waals surface area contributed by atoms with Gasteiger partial charge in [-0.2, -0.15) is 0 Å². The van der Waals surface area contributed by atoms with Gasteiger partial charge in [0.25, 0.3) is 0 Å². The maximum Gasteiger partial charge on any atom is 0.130 e. The van der Waals surface area contributed by atoms with Crippen molar-refractivity contribution in [1.29, 1.82) is 0 Å². The number of rotatable bonds is 1. The first-order valence-corrected chi connectivity index (χ1v) is 3.62. The van der Waals surface area contributed by atoms with Crippen LogP contribution in [0, 0.1) is 12.3 Å². The van der Waals surface area contributed by atoms with Crippen molar-refractivity contribution in [2.24, 2.45) is 0 Å². The minimum absolute atomic E-state index is 0.507. The van der Waals surface area contributed by atoms with Crippen molar-refractivity contribution in [1.82, 2.24) is 4.98 Å². The van der Waals surface area contributed by atoms with Crippen molar-refractivity contribution in [2.75, 3.05) is 5.73 Å². The second-order valence-corrected chi connectivity index (χ2v) is 2.34. The summed E-state index contributed by atoms with van der Waals surface area (Å²) in [7, 11) is 0. The molecule has 1 aromatic rings. The van der Waals surface area contributed by atoms with Crippen LogP contribution in [0.15, 0.2) is 18.3 Å². The highest BCUT2D eigenvalue weighted by atomic mass is 14.8. The molecule has 0 aliphatic carbocycles. The van der Waals surface area contributed by atoms with Gasteiger partial charge in [-0.15, -0.1) is 6.42 Å². The van der Waals surface area contributed by atoms with Gasteiger partial charge in [0.05, 0.1) is 0 Å². The van der Waals surface area contributed by atoms with Crippen LogP contribution in [0.4, 0.5) is 5.82 Å². The van der Waals surface area contributed by atoms with Gasteiger partial charge in [0.15, 0.2) is 0 Å². The van der Waals surface area contributed by atoms with E-state index in [9.17, 15) is 0 Å². The Morgan fingerprint density at radius 3 is 3.00 bits per heavy atom. The molecule has 0 aliphatic rings. The van der Waals surface area contributed by atoms with E-state index in [1.165, 1.54) is 0 Å². The lowest BCUT2D eigenvalue weighted by atomic mass is 10.2. The van der Waals surface area contributed by atoms with E-state index < -0.39 is 0 Å². The van der Waals surface area contributed by atoms with Gasteiger partial charge in [0, 0.05) is 17.3 Å². The molecule has 2 nitrogen and oxygen atoms in total. The third-order valence-corrected chi connectivity index (χ3v) is 1.46. The topological polar surface area (TPSA) is 38.9 Å². The SMILES string of the molecule is C#Cc1cnc(N)c(/C=C\C)c1. The van der Waals surface area contributed by atoms with Crippen LogP contribution in [0.3, 0.4) is 0 Å².